The van der Waals surface area contributed by atoms with Crippen molar-refractivity contribution in [3.8, 4) is 0 Å². The molecule has 0 atom stereocenters. The highest BCUT2D eigenvalue weighted by Gasteiger charge is 2.08. The van der Waals surface area contributed by atoms with Gasteiger partial charge in [-0.2, -0.15) is 0 Å². The topological polar surface area (TPSA) is 15.3 Å². The van der Waals surface area contributed by atoms with E-state index in [1.165, 1.54) is 16.8 Å². The molecule has 0 amide bonds. The summed E-state index contributed by atoms with van der Waals surface area (Å²) in [7, 11) is 2.11. The van der Waals surface area contributed by atoms with Crippen LogP contribution in [0.4, 0.5) is 5.69 Å². The average molecular weight is 368 g/mol. The molecule has 0 saturated carbocycles. The van der Waals surface area contributed by atoms with E-state index in [0.717, 1.165) is 29.1 Å². The Morgan fingerprint density at radius 2 is 1.86 bits per heavy atom. The van der Waals surface area contributed by atoms with Crippen molar-refractivity contribution in [3.63, 3.8) is 0 Å². The Balaban J connectivity index is 2.17. The predicted molar refractivity (Wildman–Crippen MR) is 95.1 cm³/mol. The third kappa shape index (κ3) is 4.73. The van der Waals surface area contributed by atoms with E-state index in [1.54, 1.807) is 0 Å². The van der Waals surface area contributed by atoms with E-state index in [2.05, 4.69) is 70.4 Å². The molecule has 0 unspecified atom stereocenters. The van der Waals surface area contributed by atoms with E-state index in [1.807, 2.05) is 12.1 Å². The minimum absolute atomic E-state index is 0.781. The maximum atomic E-state index is 6.13. The van der Waals surface area contributed by atoms with Crippen LogP contribution < -0.4 is 10.2 Å². The molecule has 0 bridgehead atoms. The smallest absolute Gasteiger partial charge is 0.0426 e. The van der Waals surface area contributed by atoms with Crippen LogP contribution in [0.5, 0.6) is 0 Å². The second-order valence-electron chi connectivity index (χ2n) is 5.04. The molecular weight excluding hydrogens is 348 g/mol. The summed E-state index contributed by atoms with van der Waals surface area (Å²) in [5.41, 5.74) is 3.72. The highest BCUT2D eigenvalue weighted by molar-refractivity contribution is 9.10. The molecule has 0 aliphatic heterocycles. The Morgan fingerprint density at radius 1 is 1.14 bits per heavy atom. The molecule has 21 heavy (non-hydrogen) atoms. The third-order valence-electron chi connectivity index (χ3n) is 3.35. The van der Waals surface area contributed by atoms with Gasteiger partial charge in [-0.05, 0) is 48.0 Å². The lowest BCUT2D eigenvalue weighted by Gasteiger charge is -2.23. The first-order chi connectivity index (χ1) is 10.1. The Labute approximate surface area is 140 Å². The van der Waals surface area contributed by atoms with E-state index in [0.29, 0.717) is 0 Å². The van der Waals surface area contributed by atoms with E-state index in [9.17, 15) is 0 Å². The predicted octanol–water partition coefficient (Wildman–Crippen LogP) is 4.85. The van der Waals surface area contributed by atoms with Crippen LogP contribution in [0.2, 0.25) is 5.02 Å². The maximum absolute atomic E-state index is 6.13. The molecule has 0 spiro atoms. The molecular formula is C17H20BrClN2. The van der Waals surface area contributed by atoms with Crippen molar-refractivity contribution in [3.05, 3.63) is 63.1 Å². The largest absolute Gasteiger partial charge is 0.370 e. The van der Waals surface area contributed by atoms with Gasteiger partial charge in [-0.25, -0.2) is 0 Å². The van der Waals surface area contributed by atoms with Crippen molar-refractivity contribution in [1.82, 2.24) is 5.32 Å². The zero-order valence-electron chi connectivity index (χ0n) is 12.4. The molecule has 0 radical (unpaired) electrons. The van der Waals surface area contributed by atoms with Gasteiger partial charge in [-0.1, -0.05) is 46.6 Å². The van der Waals surface area contributed by atoms with Gasteiger partial charge < -0.3 is 10.2 Å². The highest BCUT2D eigenvalue weighted by Crippen LogP contribution is 2.25. The lowest BCUT2D eigenvalue weighted by atomic mass is 10.1. The third-order valence-corrected chi connectivity index (χ3v) is 4.12. The summed E-state index contributed by atoms with van der Waals surface area (Å²) in [5, 5.41) is 4.15. The van der Waals surface area contributed by atoms with Crippen LogP contribution in [0.1, 0.15) is 18.1 Å². The fourth-order valence-corrected chi connectivity index (χ4v) is 2.74. The molecule has 2 aromatic carbocycles. The van der Waals surface area contributed by atoms with Crippen LogP contribution >= 0.6 is 27.5 Å². The van der Waals surface area contributed by atoms with Crippen LogP contribution in [-0.4, -0.2) is 13.6 Å². The maximum Gasteiger partial charge on any atom is 0.0426 e. The summed E-state index contributed by atoms with van der Waals surface area (Å²) < 4.78 is 1.10. The van der Waals surface area contributed by atoms with Gasteiger partial charge in [0, 0.05) is 35.3 Å². The second-order valence-corrected chi connectivity index (χ2v) is 6.39. The first-order valence-corrected chi connectivity index (χ1v) is 8.22. The molecule has 0 fully saturated rings. The molecule has 2 rings (SSSR count). The number of nitrogens with one attached hydrogen (secondary N) is 1. The summed E-state index contributed by atoms with van der Waals surface area (Å²) in [5.74, 6) is 0. The molecule has 4 heteroatoms. The van der Waals surface area contributed by atoms with Crippen LogP contribution in [0.25, 0.3) is 0 Å². The molecule has 0 aliphatic rings. The monoisotopic (exact) mass is 366 g/mol. The number of benzene rings is 2. The minimum atomic E-state index is 0.781. The van der Waals surface area contributed by atoms with Crippen LogP contribution in [0.15, 0.2) is 46.9 Å². The number of nitrogens with zero attached hydrogens (tertiary/aromatic N) is 1. The summed E-state index contributed by atoms with van der Waals surface area (Å²) in [6, 6.07) is 14.5. The lowest BCUT2D eigenvalue weighted by molar-refractivity contribution is 0.723. The summed E-state index contributed by atoms with van der Waals surface area (Å²) in [6.07, 6.45) is 0. The van der Waals surface area contributed by atoms with Crippen molar-refractivity contribution >= 4 is 33.2 Å². The number of hydrogen-bond donors (Lipinski definition) is 1. The van der Waals surface area contributed by atoms with Crippen molar-refractivity contribution in [2.45, 2.75) is 20.0 Å². The number of rotatable bonds is 6. The van der Waals surface area contributed by atoms with Gasteiger partial charge in [-0.3, -0.25) is 0 Å². The quantitative estimate of drug-likeness (QED) is 0.785. The standard InChI is InChI=1S/C17H20BrClN2/c1-3-20-11-14-10-16(19)8-9-17(14)21(2)12-13-4-6-15(18)7-5-13/h4-10,20H,3,11-12H2,1-2H3. The van der Waals surface area contributed by atoms with Crippen molar-refractivity contribution < 1.29 is 0 Å². The van der Waals surface area contributed by atoms with Gasteiger partial charge in [0.2, 0.25) is 0 Å². The number of anilines is 1. The summed E-state index contributed by atoms with van der Waals surface area (Å²) in [4.78, 5) is 2.26. The van der Waals surface area contributed by atoms with Gasteiger partial charge in [0.25, 0.3) is 0 Å². The van der Waals surface area contributed by atoms with E-state index in [4.69, 9.17) is 11.6 Å². The van der Waals surface area contributed by atoms with Crippen LogP contribution in [-0.2, 0) is 13.1 Å². The van der Waals surface area contributed by atoms with Gasteiger partial charge in [0.05, 0.1) is 0 Å². The van der Waals surface area contributed by atoms with Crippen LogP contribution in [0, 0.1) is 0 Å². The first-order valence-electron chi connectivity index (χ1n) is 7.05. The Bertz CT molecular complexity index is 584. The lowest BCUT2D eigenvalue weighted by Crippen LogP contribution is -2.20. The van der Waals surface area contributed by atoms with Crippen molar-refractivity contribution in [2.24, 2.45) is 0 Å². The summed E-state index contributed by atoms with van der Waals surface area (Å²) in [6.45, 7) is 4.75. The fourth-order valence-electron chi connectivity index (χ4n) is 2.28. The zero-order chi connectivity index (χ0) is 15.2. The normalized spacial score (nSPS) is 10.7. The Kier molecular flexibility index (Phi) is 6.09. The zero-order valence-corrected chi connectivity index (χ0v) is 14.7. The van der Waals surface area contributed by atoms with Gasteiger partial charge in [0.15, 0.2) is 0 Å². The van der Waals surface area contributed by atoms with Gasteiger partial charge in [0.1, 0.15) is 0 Å². The SMILES string of the molecule is CCNCc1cc(Cl)ccc1N(C)Cc1ccc(Br)cc1. The molecule has 1 N–H and O–H groups in total. The number of halogens is 2. The molecule has 2 aromatic rings. The second kappa shape index (κ2) is 7.83. The molecule has 112 valence electrons. The summed E-state index contributed by atoms with van der Waals surface area (Å²) >= 11 is 9.59. The van der Waals surface area contributed by atoms with E-state index < -0.39 is 0 Å². The van der Waals surface area contributed by atoms with E-state index in [-0.39, 0.29) is 0 Å². The Morgan fingerprint density at radius 3 is 2.52 bits per heavy atom. The van der Waals surface area contributed by atoms with E-state index >= 15 is 0 Å². The Hall–Kier alpha value is -1.03. The molecule has 0 aliphatic carbocycles. The van der Waals surface area contributed by atoms with Gasteiger partial charge in [-0.15, -0.1) is 0 Å². The highest BCUT2D eigenvalue weighted by atomic mass is 79.9. The van der Waals surface area contributed by atoms with Crippen molar-refractivity contribution in [1.29, 1.82) is 0 Å². The molecule has 2 nitrogen and oxygen atoms in total. The molecule has 0 heterocycles. The fraction of sp³-hybridized carbons (Fsp3) is 0.294. The first kappa shape index (κ1) is 16.3. The average Bonchev–Trinajstić information content (AvgIpc) is 2.47. The minimum Gasteiger partial charge on any atom is -0.370 e. The van der Waals surface area contributed by atoms with Crippen LogP contribution in [0.3, 0.4) is 0 Å². The van der Waals surface area contributed by atoms with Crippen molar-refractivity contribution in [2.75, 3.05) is 18.5 Å². The molecule has 0 saturated heterocycles. The molecule has 0 aromatic heterocycles. The van der Waals surface area contributed by atoms with Gasteiger partial charge >= 0.3 is 0 Å². The number of hydrogen-bond acceptors (Lipinski definition) is 2.